The lowest BCUT2D eigenvalue weighted by atomic mass is 9.90. The van der Waals surface area contributed by atoms with Crippen LogP contribution >= 0.6 is 11.6 Å². The molecule has 1 aliphatic rings. The van der Waals surface area contributed by atoms with Gasteiger partial charge in [0.1, 0.15) is 39.2 Å². The van der Waals surface area contributed by atoms with E-state index in [1.54, 1.807) is 6.92 Å². The third kappa shape index (κ3) is 6.79. The van der Waals surface area contributed by atoms with Crippen LogP contribution in [0.1, 0.15) is 46.9 Å². The molecule has 2 aromatic carbocycles. The van der Waals surface area contributed by atoms with Gasteiger partial charge in [-0.05, 0) is 62.1 Å². The van der Waals surface area contributed by atoms with Gasteiger partial charge in [0, 0.05) is 28.3 Å². The average molecular weight is 679 g/mol. The molecule has 248 valence electrons. The van der Waals surface area contributed by atoms with Crippen LogP contribution in [0.4, 0.5) is 22.0 Å². The minimum atomic E-state index is -4.67. The molecule has 4 aromatic rings. The van der Waals surface area contributed by atoms with Gasteiger partial charge in [-0.15, -0.1) is 0 Å². The van der Waals surface area contributed by atoms with Crippen molar-refractivity contribution in [3.05, 3.63) is 81.6 Å². The first-order chi connectivity index (χ1) is 22.2. The van der Waals surface area contributed by atoms with Crippen LogP contribution in [-0.2, 0) is 23.0 Å². The number of amides is 2. The van der Waals surface area contributed by atoms with Gasteiger partial charge in [0.2, 0.25) is 5.91 Å². The van der Waals surface area contributed by atoms with Gasteiger partial charge in [-0.3, -0.25) is 14.6 Å². The Morgan fingerprint density at radius 3 is 2.49 bits per heavy atom. The number of methoxy groups -OCH3 is 1. The highest BCUT2D eigenvalue weighted by Gasteiger charge is 2.47. The monoisotopic (exact) mass is 678 g/mol. The Balaban J connectivity index is 1.57. The van der Waals surface area contributed by atoms with E-state index in [4.69, 9.17) is 26.8 Å². The zero-order chi connectivity index (χ0) is 34.3. The quantitative estimate of drug-likeness (QED) is 0.137. The Morgan fingerprint density at radius 1 is 1.15 bits per heavy atom. The van der Waals surface area contributed by atoms with Gasteiger partial charge in [0.25, 0.3) is 5.91 Å². The molecule has 47 heavy (non-hydrogen) atoms. The summed E-state index contributed by atoms with van der Waals surface area (Å²) in [7, 11) is 1.28. The summed E-state index contributed by atoms with van der Waals surface area (Å²) in [4.78, 5) is 33.8. The molecule has 4 N–H and O–H groups in total. The molecule has 2 aromatic heterocycles. The summed E-state index contributed by atoms with van der Waals surface area (Å²) < 4.78 is 80.4. The van der Waals surface area contributed by atoms with E-state index in [2.05, 4.69) is 15.3 Å². The van der Waals surface area contributed by atoms with Crippen LogP contribution in [0.25, 0.3) is 22.2 Å². The maximum Gasteiger partial charge on any atom is 0.417 e. The topological polar surface area (TPSA) is 137 Å². The number of hydrogen-bond donors (Lipinski definition) is 3. The van der Waals surface area contributed by atoms with Crippen molar-refractivity contribution < 1.29 is 46.1 Å². The first kappa shape index (κ1) is 33.8. The van der Waals surface area contributed by atoms with Crippen LogP contribution in [-0.4, -0.2) is 47.2 Å². The molecule has 1 saturated carbocycles. The van der Waals surface area contributed by atoms with E-state index in [1.165, 1.54) is 25.3 Å². The zero-order valence-corrected chi connectivity index (χ0v) is 25.7. The lowest BCUT2D eigenvalue weighted by Crippen LogP contribution is -2.43. The van der Waals surface area contributed by atoms with E-state index in [0.29, 0.717) is 19.0 Å². The first-order valence-corrected chi connectivity index (χ1v) is 14.7. The van der Waals surface area contributed by atoms with Crippen LogP contribution in [0.15, 0.2) is 42.6 Å². The number of hydrogen-bond acceptors (Lipinski definition) is 7. The number of pyridine rings is 2. The Labute approximate surface area is 269 Å². The number of nitrogens with one attached hydrogen (secondary N) is 1. The fourth-order valence-corrected chi connectivity index (χ4v) is 5.47. The maximum atomic E-state index is 15.3. The molecule has 0 unspecified atom stereocenters. The number of benzene rings is 2. The smallest absolute Gasteiger partial charge is 0.417 e. The second-order valence-electron chi connectivity index (χ2n) is 11.0. The molecule has 2 heterocycles. The largest absolute Gasteiger partial charge is 0.494 e. The van der Waals surface area contributed by atoms with Crippen LogP contribution in [0.3, 0.4) is 0 Å². The SMILES string of the molecule is CCOc1c(CC(N)=O)cc([C@@](O)(CNC(=O)c2cc(OC)c3ncc(C(F)(F)F)cc3c2)C2CC2)nc1-c1ccc(F)c(Cl)c1F. The Bertz CT molecular complexity index is 1890. The van der Waals surface area contributed by atoms with Gasteiger partial charge in [-0.1, -0.05) is 11.6 Å². The van der Waals surface area contributed by atoms with Gasteiger partial charge in [0.15, 0.2) is 5.82 Å². The Kier molecular flexibility index (Phi) is 9.29. The normalized spacial score (nSPS) is 14.5. The number of carbonyl (C=O) groups is 2. The number of carbonyl (C=O) groups excluding carboxylic acids is 2. The highest BCUT2D eigenvalue weighted by atomic mass is 35.5. The number of nitrogens with zero attached hydrogens (tertiary/aromatic N) is 2. The summed E-state index contributed by atoms with van der Waals surface area (Å²) in [6.07, 6.45) is -3.36. The number of ether oxygens (including phenoxy) is 2. The van der Waals surface area contributed by atoms with Gasteiger partial charge in [0.05, 0.1) is 37.9 Å². The molecule has 5 rings (SSSR count). The van der Waals surface area contributed by atoms with Gasteiger partial charge >= 0.3 is 6.18 Å². The summed E-state index contributed by atoms with van der Waals surface area (Å²) in [5, 5.41) is 13.9. The number of alkyl halides is 3. The van der Waals surface area contributed by atoms with Crippen LogP contribution in [0, 0.1) is 17.6 Å². The predicted molar refractivity (Wildman–Crippen MR) is 161 cm³/mol. The zero-order valence-electron chi connectivity index (χ0n) is 25.0. The summed E-state index contributed by atoms with van der Waals surface area (Å²) in [6.45, 7) is 1.26. The van der Waals surface area contributed by atoms with Crippen molar-refractivity contribution in [3.63, 3.8) is 0 Å². The van der Waals surface area contributed by atoms with Crippen molar-refractivity contribution in [3.8, 4) is 22.8 Å². The van der Waals surface area contributed by atoms with Crippen molar-refractivity contribution >= 4 is 34.3 Å². The third-order valence-electron chi connectivity index (χ3n) is 7.77. The number of aromatic nitrogens is 2. The lowest BCUT2D eigenvalue weighted by Gasteiger charge is -2.30. The molecule has 0 bridgehead atoms. The van der Waals surface area contributed by atoms with Crippen molar-refractivity contribution in [2.75, 3.05) is 20.3 Å². The Hall–Kier alpha value is -4.56. The molecule has 0 spiro atoms. The molecule has 1 fully saturated rings. The standard InChI is InChI=1S/C32H28ClF5N4O5/c1-3-47-29-16(12-24(39)43)11-23(42-28(29)20-6-7-21(34)25(33)26(20)35)31(45,18-4-5-18)14-41-30(44)17-8-15-9-19(32(36,37)38)13-40-27(15)22(10-17)46-2/h6-11,13,18,45H,3-5,12,14H2,1-2H3,(H2,39,43)(H,41,44)/t31-/m1/s1. The second kappa shape index (κ2) is 12.9. The molecule has 0 saturated heterocycles. The van der Waals surface area contributed by atoms with E-state index >= 15 is 4.39 Å². The van der Waals surface area contributed by atoms with Gasteiger partial charge in [-0.25, -0.2) is 13.8 Å². The fourth-order valence-electron chi connectivity index (χ4n) is 5.30. The van der Waals surface area contributed by atoms with E-state index in [1.807, 2.05) is 0 Å². The van der Waals surface area contributed by atoms with E-state index in [0.717, 1.165) is 18.2 Å². The Morgan fingerprint density at radius 2 is 1.87 bits per heavy atom. The summed E-state index contributed by atoms with van der Waals surface area (Å²) >= 11 is 5.85. The van der Waals surface area contributed by atoms with Crippen LogP contribution < -0.4 is 20.5 Å². The minimum Gasteiger partial charge on any atom is -0.494 e. The molecule has 0 aliphatic heterocycles. The minimum absolute atomic E-state index is 0.00400. The van der Waals surface area contributed by atoms with E-state index < -0.39 is 64.7 Å². The highest BCUT2D eigenvalue weighted by Crippen LogP contribution is 2.47. The average Bonchev–Trinajstić information content (AvgIpc) is 3.88. The van der Waals surface area contributed by atoms with Crippen molar-refractivity contribution in [2.24, 2.45) is 11.7 Å². The van der Waals surface area contributed by atoms with E-state index in [9.17, 15) is 32.3 Å². The number of aliphatic hydroxyl groups is 1. The molecule has 1 atom stereocenters. The van der Waals surface area contributed by atoms with Gasteiger partial charge < -0.3 is 25.6 Å². The summed E-state index contributed by atoms with van der Waals surface area (Å²) in [6, 6.07) is 6.74. The molecular weight excluding hydrogens is 651 g/mol. The molecule has 9 nitrogen and oxygen atoms in total. The van der Waals surface area contributed by atoms with Crippen LogP contribution in [0.2, 0.25) is 5.02 Å². The summed E-state index contributed by atoms with van der Waals surface area (Å²) in [5.74, 6) is -4.13. The van der Waals surface area contributed by atoms with Crippen molar-refractivity contribution in [1.29, 1.82) is 0 Å². The predicted octanol–water partition coefficient (Wildman–Crippen LogP) is 5.71. The second-order valence-corrected chi connectivity index (χ2v) is 11.4. The van der Waals surface area contributed by atoms with Gasteiger partial charge in [-0.2, -0.15) is 13.2 Å². The number of rotatable bonds is 11. The summed E-state index contributed by atoms with van der Waals surface area (Å²) in [5.41, 5.74) is 2.24. The number of primary amides is 1. The van der Waals surface area contributed by atoms with Crippen molar-refractivity contribution in [2.45, 2.75) is 38.0 Å². The molecule has 0 radical (unpaired) electrons. The number of nitrogens with two attached hydrogens (primary N) is 1. The first-order valence-electron chi connectivity index (χ1n) is 14.3. The molecule has 15 heteroatoms. The highest BCUT2D eigenvalue weighted by molar-refractivity contribution is 6.31. The maximum absolute atomic E-state index is 15.3. The molecule has 1 aliphatic carbocycles. The third-order valence-corrected chi connectivity index (χ3v) is 8.11. The lowest BCUT2D eigenvalue weighted by molar-refractivity contribution is -0.137. The van der Waals surface area contributed by atoms with Crippen molar-refractivity contribution in [1.82, 2.24) is 15.3 Å². The number of fused-ring (bicyclic) bond motifs is 1. The van der Waals surface area contributed by atoms with E-state index in [-0.39, 0.29) is 57.1 Å². The molecule has 2 amide bonds. The fraction of sp³-hybridized carbons (Fsp3) is 0.312. The van der Waals surface area contributed by atoms with Crippen LogP contribution in [0.5, 0.6) is 11.5 Å². The number of halogens is 6. The molecular formula is C32H28ClF5N4O5.